The molecule has 0 unspecified atom stereocenters. The molecule has 1 saturated heterocycles. The van der Waals surface area contributed by atoms with Crippen molar-refractivity contribution in [3.63, 3.8) is 0 Å². The molecule has 3 rings (SSSR count). The highest BCUT2D eigenvalue weighted by atomic mass is 16.3. The van der Waals surface area contributed by atoms with Gasteiger partial charge in [0, 0.05) is 32.6 Å². The summed E-state index contributed by atoms with van der Waals surface area (Å²) in [4.78, 5) is 4.72. The molecule has 0 spiro atoms. The van der Waals surface area contributed by atoms with Gasteiger partial charge in [-0.05, 0) is 31.8 Å². The smallest absolute Gasteiger partial charge is 0.147 e. The number of fused-ring (bicyclic) bond motifs is 1. The molecule has 3 heterocycles. The number of rotatable bonds is 5. The molecule has 0 aromatic carbocycles. The minimum Gasteiger partial charge on any atom is -0.390 e. The Morgan fingerprint density at radius 3 is 2.55 bits per heavy atom. The quantitative estimate of drug-likeness (QED) is 0.870. The van der Waals surface area contributed by atoms with E-state index in [1.54, 1.807) is 0 Å². The van der Waals surface area contributed by atoms with Crippen LogP contribution in [0.2, 0.25) is 0 Å². The van der Waals surface area contributed by atoms with Crippen LogP contribution in [0, 0.1) is 5.92 Å². The summed E-state index contributed by atoms with van der Waals surface area (Å²) >= 11 is 0. The summed E-state index contributed by atoms with van der Waals surface area (Å²) in [5, 5.41) is 18.9. The second-order valence-corrected chi connectivity index (χ2v) is 6.91. The average molecular weight is 307 g/mol. The van der Waals surface area contributed by atoms with Crippen molar-refractivity contribution in [3.05, 3.63) is 11.6 Å². The van der Waals surface area contributed by atoms with Crippen LogP contribution in [0.3, 0.4) is 0 Å². The number of nitrogens with zero attached hydrogens (tertiary/aromatic N) is 5. The van der Waals surface area contributed by atoms with Gasteiger partial charge in [0.1, 0.15) is 11.6 Å². The Balaban J connectivity index is 1.47. The highest BCUT2D eigenvalue weighted by molar-refractivity contribution is 4.99. The molecular formula is C16H29N5O. The fraction of sp³-hybridized carbons (Fsp3) is 0.875. The summed E-state index contributed by atoms with van der Waals surface area (Å²) in [5.41, 5.74) is 0. The van der Waals surface area contributed by atoms with Crippen molar-refractivity contribution in [1.29, 1.82) is 0 Å². The SMILES string of the molecule is CCc1nnc2n1CCN(C[C@H](O)CN1CCC(C)CC1)C2. The first-order valence-electron chi connectivity index (χ1n) is 8.69. The van der Waals surface area contributed by atoms with E-state index >= 15 is 0 Å². The van der Waals surface area contributed by atoms with Crippen LogP contribution in [0.4, 0.5) is 0 Å². The zero-order valence-corrected chi connectivity index (χ0v) is 13.9. The van der Waals surface area contributed by atoms with E-state index in [9.17, 15) is 5.11 Å². The van der Waals surface area contributed by atoms with Crippen molar-refractivity contribution in [2.24, 2.45) is 5.92 Å². The average Bonchev–Trinajstić information content (AvgIpc) is 2.92. The Labute approximate surface area is 133 Å². The Bertz CT molecular complexity index is 481. The van der Waals surface area contributed by atoms with Crippen LogP contribution in [0.5, 0.6) is 0 Å². The number of aliphatic hydroxyl groups excluding tert-OH is 1. The van der Waals surface area contributed by atoms with Crippen molar-refractivity contribution in [1.82, 2.24) is 24.6 Å². The molecule has 22 heavy (non-hydrogen) atoms. The van der Waals surface area contributed by atoms with Crippen LogP contribution < -0.4 is 0 Å². The molecule has 2 aliphatic rings. The van der Waals surface area contributed by atoms with Gasteiger partial charge in [-0.2, -0.15) is 0 Å². The van der Waals surface area contributed by atoms with Gasteiger partial charge in [0.2, 0.25) is 0 Å². The van der Waals surface area contributed by atoms with Gasteiger partial charge >= 0.3 is 0 Å². The van der Waals surface area contributed by atoms with Crippen molar-refractivity contribution < 1.29 is 5.11 Å². The van der Waals surface area contributed by atoms with Crippen LogP contribution in [-0.4, -0.2) is 68.5 Å². The second kappa shape index (κ2) is 7.06. The number of aliphatic hydroxyl groups is 1. The van der Waals surface area contributed by atoms with Gasteiger partial charge in [0.15, 0.2) is 0 Å². The van der Waals surface area contributed by atoms with E-state index in [2.05, 4.69) is 38.4 Å². The maximum absolute atomic E-state index is 10.4. The number of piperidine rings is 1. The lowest BCUT2D eigenvalue weighted by atomic mass is 9.99. The first-order valence-corrected chi connectivity index (χ1v) is 8.69. The van der Waals surface area contributed by atoms with Crippen LogP contribution in [0.15, 0.2) is 0 Å². The third-order valence-corrected chi connectivity index (χ3v) is 5.04. The van der Waals surface area contributed by atoms with Gasteiger partial charge in [-0.25, -0.2) is 0 Å². The number of aryl methyl sites for hydroxylation is 1. The van der Waals surface area contributed by atoms with Gasteiger partial charge < -0.3 is 14.6 Å². The van der Waals surface area contributed by atoms with Gasteiger partial charge in [0.25, 0.3) is 0 Å². The van der Waals surface area contributed by atoms with E-state index in [0.29, 0.717) is 0 Å². The molecule has 2 aliphatic heterocycles. The molecule has 6 heteroatoms. The normalized spacial score (nSPS) is 22.7. The summed E-state index contributed by atoms with van der Waals surface area (Å²) in [6, 6.07) is 0. The van der Waals surface area contributed by atoms with E-state index in [1.807, 2.05) is 0 Å². The lowest BCUT2D eigenvalue weighted by molar-refractivity contribution is 0.0529. The van der Waals surface area contributed by atoms with Gasteiger partial charge in [-0.3, -0.25) is 4.90 Å². The van der Waals surface area contributed by atoms with Crippen molar-refractivity contribution in [3.8, 4) is 0 Å². The maximum Gasteiger partial charge on any atom is 0.147 e. The predicted octanol–water partition coefficient (Wildman–Crippen LogP) is 0.749. The van der Waals surface area contributed by atoms with Crippen LogP contribution >= 0.6 is 0 Å². The Morgan fingerprint density at radius 1 is 1.09 bits per heavy atom. The number of hydrogen-bond donors (Lipinski definition) is 1. The van der Waals surface area contributed by atoms with Gasteiger partial charge in [0.05, 0.1) is 12.6 Å². The Hall–Kier alpha value is -0.980. The van der Waals surface area contributed by atoms with Crippen LogP contribution in [0.1, 0.15) is 38.3 Å². The van der Waals surface area contributed by atoms with E-state index in [4.69, 9.17) is 0 Å². The molecule has 1 N–H and O–H groups in total. The fourth-order valence-electron chi connectivity index (χ4n) is 3.58. The molecule has 1 fully saturated rings. The number of β-amino-alcohol motifs (C(OH)–C–C–N with tert-alkyl or cyclic N) is 1. The molecule has 0 bridgehead atoms. The number of aromatic nitrogens is 3. The van der Waals surface area contributed by atoms with Crippen molar-refractivity contribution in [2.45, 2.75) is 52.3 Å². The third-order valence-electron chi connectivity index (χ3n) is 5.04. The predicted molar refractivity (Wildman–Crippen MR) is 85.5 cm³/mol. The molecule has 0 radical (unpaired) electrons. The largest absolute Gasteiger partial charge is 0.390 e. The number of hydrogen-bond acceptors (Lipinski definition) is 5. The maximum atomic E-state index is 10.4. The lowest BCUT2D eigenvalue weighted by Crippen LogP contribution is -2.45. The summed E-state index contributed by atoms with van der Waals surface area (Å²) < 4.78 is 2.23. The van der Waals surface area contributed by atoms with Crippen molar-refractivity contribution >= 4 is 0 Å². The monoisotopic (exact) mass is 307 g/mol. The molecule has 0 aliphatic carbocycles. The van der Waals surface area contributed by atoms with Crippen LogP contribution in [-0.2, 0) is 19.5 Å². The number of likely N-dealkylation sites (tertiary alicyclic amines) is 1. The summed E-state index contributed by atoms with van der Waals surface area (Å²) in [6.45, 7) is 11.0. The third kappa shape index (κ3) is 3.67. The minimum atomic E-state index is -0.270. The summed E-state index contributed by atoms with van der Waals surface area (Å²) in [6.07, 6.45) is 3.19. The zero-order chi connectivity index (χ0) is 15.5. The first kappa shape index (κ1) is 15.9. The molecule has 0 amide bonds. The van der Waals surface area contributed by atoms with Gasteiger partial charge in [-0.15, -0.1) is 10.2 Å². The van der Waals surface area contributed by atoms with E-state index in [1.165, 1.54) is 12.8 Å². The van der Waals surface area contributed by atoms with E-state index < -0.39 is 0 Å². The van der Waals surface area contributed by atoms with Crippen LogP contribution in [0.25, 0.3) is 0 Å². The second-order valence-electron chi connectivity index (χ2n) is 6.91. The molecule has 1 atom stereocenters. The Kier molecular flexibility index (Phi) is 5.10. The van der Waals surface area contributed by atoms with E-state index in [-0.39, 0.29) is 6.10 Å². The molecule has 0 saturated carbocycles. The van der Waals surface area contributed by atoms with Gasteiger partial charge in [-0.1, -0.05) is 13.8 Å². The summed E-state index contributed by atoms with van der Waals surface area (Å²) in [5.74, 6) is 2.97. The highest BCUT2D eigenvalue weighted by Crippen LogP contribution is 2.17. The minimum absolute atomic E-state index is 0.270. The zero-order valence-electron chi connectivity index (χ0n) is 13.9. The molecule has 1 aromatic heterocycles. The molecule has 1 aromatic rings. The molecule has 124 valence electrons. The highest BCUT2D eigenvalue weighted by Gasteiger charge is 2.24. The van der Waals surface area contributed by atoms with Crippen molar-refractivity contribution in [2.75, 3.05) is 32.7 Å². The van der Waals surface area contributed by atoms with E-state index in [0.717, 1.165) is 69.8 Å². The lowest BCUT2D eigenvalue weighted by Gasteiger charge is -2.34. The summed E-state index contributed by atoms with van der Waals surface area (Å²) in [7, 11) is 0. The topological polar surface area (TPSA) is 57.4 Å². The molecule has 6 nitrogen and oxygen atoms in total. The molecular weight excluding hydrogens is 278 g/mol. The fourth-order valence-corrected chi connectivity index (χ4v) is 3.58. The standard InChI is InChI=1S/C16H29N5O/c1-3-15-17-18-16-12-20(8-9-21(15)16)11-14(22)10-19-6-4-13(2)5-7-19/h13-14,22H,3-12H2,1-2H3/t14-/m1/s1. The first-order chi connectivity index (χ1) is 10.7. The Morgan fingerprint density at radius 2 is 1.82 bits per heavy atom.